The van der Waals surface area contributed by atoms with Crippen LogP contribution in [0.15, 0.2) is 48.5 Å². The van der Waals surface area contributed by atoms with E-state index in [0.29, 0.717) is 24.4 Å². The average Bonchev–Trinajstić information content (AvgIpc) is 2.72. The maximum atomic E-state index is 12.3. The molecule has 0 spiro atoms. The fourth-order valence-electron chi connectivity index (χ4n) is 2.89. The lowest BCUT2D eigenvalue weighted by atomic mass is 10.2. The Labute approximate surface area is 152 Å². The largest absolute Gasteiger partial charge is 0.497 e. The molecule has 1 saturated heterocycles. The molecule has 1 aliphatic rings. The van der Waals surface area contributed by atoms with Crippen LogP contribution in [0.2, 0.25) is 0 Å². The van der Waals surface area contributed by atoms with Gasteiger partial charge in [-0.05, 0) is 48.5 Å². The van der Waals surface area contributed by atoms with E-state index in [2.05, 4.69) is 4.90 Å². The second kappa shape index (κ2) is 8.38. The minimum absolute atomic E-state index is 0.00295. The van der Waals surface area contributed by atoms with Gasteiger partial charge in [0.1, 0.15) is 17.8 Å². The van der Waals surface area contributed by atoms with Crippen molar-refractivity contribution in [1.29, 1.82) is 0 Å². The molecule has 26 heavy (non-hydrogen) atoms. The first-order valence-electron chi connectivity index (χ1n) is 8.54. The number of ether oxygens (including phenoxy) is 2. The molecule has 6 nitrogen and oxygen atoms in total. The SMILES string of the molecule is COc1ccc(N2CCN(C(=O)COc3ccc(C=O)cc3)CC2)cc1. The quantitative estimate of drug-likeness (QED) is 0.745. The van der Waals surface area contributed by atoms with Crippen LogP contribution in [0.25, 0.3) is 0 Å². The second-order valence-corrected chi connectivity index (χ2v) is 6.04. The molecule has 1 amide bonds. The number of anilines is 1. The van der Waals surface area contributed by atoms with Gasteiger partial charge in [0.15, 0.2) is 6.61 Å². The van der Waals surface area contributed by atoms with Crippen LogP contribution in [0.3, 0.4) is 0 Å². The van der Waals surface area contributed by atoms with Crippen molar-refractivity contribution in [3.63, 3.8) is 0 Å². The van der Waals surface area contributed by atoms with Crippen molar-refractivity contribution >= 4 is 17.9 Å². The minimum atomic E-state index is -0.0288. The van der Waals surface area contributed by atoms with Crippen LogP contribution in [-0.2, 0) is 4.79 Å². The number of carbonyl (C=O) groups is 2. The lowest BCUT2D eigenvalue weighted by Crippen LogP contribution is -2.50. The van der Waals surface area contributed by atoms with Gasteiger partial charge in [-0.2, -0.15) is 0 Å². The topological polar surface area (TPSA) is 59.1 Å². The van der Waals surface area contributed by atoms with Crippen molar-refractivity contribution in [3.05, 3.63) is 54.1 Å². The number of hydrogen-bond acceptors (Lipinski definition) is 5. The Balaban J connectivity index is 1.47. The van der Waals surface area contributed by atoms with Gasteiger partial charge < -0.3 is 19.3 Å². The van der Waals surface area contributed by atoms with E-state index in [4.69, 9.17) is 9.47 Å². The Morgan fingerprint density at radius 1 is 0.962 bits per heavy atom. The predicted molar refractivity (Wildman–Crippen MR) is 99.1 cm³/mol. The number of methoxy groups -OCH3 is 1. The number of rotatable bonds is 6. The third kappa shape index (κ3) is 4.33. The predicted octanol–water partition coefficient (Wildman–Crippen LogP) is 2.24. The Hall–Kier alpha value is -3.02. The summed E-state index contributed by atoms with van der Waals surface area (Å²) in [5.74, 6) is 1.39. The standard InChI is InChI=1S/C20H22N2O4/c1-25-18-8-4-17(5-9-18)21-10-12-22(13-11-21)20(24)15-26-19-6-2-16(14-23)3-7-19/h2-9,14H,10-13,15H2,1H3. The Kier molecular flexibility index (Phi) is 5.73. The number of carbonyl (C=O) groups excluding carboxylic acids is 2. The summed E-state index contributed by atoms with van der Waals surface area (Å²) in [6.45, 7) is 2.90. The molecule has 0 aliphatic carbocycles. The zero-order valence-corrected chi connectivity index (χ0v) is 14.8. The van der Waals surface area contributed by atoms with Crippen LogP contribution in [0.4, 0.5) is 5.69 Å². The van der Waals surface area contributed by atoms with Crippen molar-refractivity contribution in [1.82, 2.24) is 4.90 Å². The van der Waals surface area contributed by atoms with Crippen LogP contribution in [0.5, 0.6) is 11.5 Å². The van der Waals surface area contributed by atoms with E-state index in [9.17, 15) is 9.59 Å². The Morgan fingerprint density at radius 2 is 1.58 bits per heavy atom. The highest BCUT2D eigenvalue weighted by Gasteiger charge is 2.21. The molecule has 136 valence electrons. The van der Waals surface area contributed by atoms with E-state index >= 15 is 0 Å². The van der Waals surface area contributed by atoms with Gasteiger partial charge in [0, 0.05) is 37.4 Å². The number of aldehydes is 1. The van der Waals surface area contributed by atoms with Crippen molar-refractivity contribution in [3.8, 4) is 11.5 Å². The number of amides is 1. The summed E-state index contributed by atoms with van der Waals surface area (Å²) < 4.78 is 10.7. The molecular weight excluding hydrogens is 332 g/mol. The number of nitrogens with zero attached hydrogens (tertiary/aromatic N) is 2. The van der Waals surface area contributed by atoms with Gasteiger partial charge in [0.05, 0.1) is 7.11 Å². The molecule has 6 heteroatoms. The molecule has 2 aromatic rings. The molecule has 1 heterocycles. The minimum Gasteiger partial charge on any atom is -0.497 e. The summed E-state index contributed by atoms with van der Waals surface area (Å²) in [5.41, 5.74) is 1.71. The van der Waals surface area contributed by atoms with Crippen LogP contribution in [0, 0.1) is 0 Å². The zero-order valence-electron chi connectivity index (χ0n) is 14.8. The van der Waals surface area contributed by atoms with Crippen LogP contribution < -0.4 is 14.4 Å². The first-order valence-corrected chi connectivity index (χ1v) is 8.54. The van der Waals surface area contributed by atoms with E-state index in [1.165, 1.54) is 0 Å². The molecule has 0 saturated carbocycles. The van der Waals surface area contributed by atoms with E-state index in [1.807, 2.05) is 29.2 Å². The summed E-state index contributed by atoms with van der Waals surface area (Å²) in [6, 6.07) is 14.7. The molecule has 3 rings (SSSR count). The van der Waals surface area contributed by atoms with Crippen molar-refractivity contribution in [2.24, 2.45) is 0 Å². The van der Waals surface area contributed by atoms with Gasteiger partial charge >= 0.3 is 0 Å². The normalized spacial score (nSPS) is 14.0. The molecule has 0 radical (unpaired) electrons. The Morgan fingerprint density at radius 3 is 2.15 bits per heavy atom. The maximum absolute atomic E-state index is 12.3. The van der Waals surface area contributed by atoms with Crippen molar-refractivity contribution < 1.29 is 19.1 Å². The molecular formula is C20H22N2O4. The highest BCUT2D eigenvalue weighted by Crippen LogP contribution is 2.20. The van der Waals surface area contributed by atoms with Gasteiger partial charge in [-0.15, -0.1) is 0 Å². The molecule has 2 aromatic carbocycles. The maximum Gasteiger partial charge on any atom is 0.260 e. The van der Waals surface area contributed by atoms with E-state index < -0.39 is 0 Å². The lowest BCUT2D eigenvalue weighted by molar-refractivity contribution is -0.133. The van der Waals surface area contributed by atoms with Crippen LogP contribution >= 0.6 is 0 Å². The fraction of sp³-hybridized carbons (Fsp3) is 0.300. The highest BCUT2D eigenvalue weighted by molar-refractivity contribution is 5.78. The molecule has 0 bridgehead atoms. The fourth-order valence-corrected chi connectivity index (χ4v) is 2.89. The van der Waals surface area contributed by atoms with Crippen molar-refractivity contribution in [2.45, 2.75) is 0 Å². The van der Waals surface area contributed by atoms with Gasteiger partial charge in [0.25, 0.3) is 5.91 Å². The third-order valence-corrected chi connectivity index (χ3v) is 4.45. The third-order valence-electron chi connectivity index (χ3n) is 4.45. The summed E-state index contributed by atoms with van der Waals surface area (Å²) in [5, 5.41) is 0. The van der Waals surface area contributed by atoms with Gasteiger partial charge in [-0.1, -0.05) is 0 Å². The molecule has 0 atom stereocenters. The molecule has 0 N–H and O–H groups in total. The number of piperazine rings is 1. The summed E-state index contributed by atoms with van der Waals surface area (Å²) in [4.78, 5) is 27.0. The zero-order chi connectivity index (χ0) is 18.4. The first kappa shape index (κ1) is 17.8. The van der Waals surface area contributed by atoms with Crippen LogP contribution in [0.1, 0.15) is 10.4 Å². The van der Waals surface area contributed by atoms with Gasteiger partial charge in [-0.25, -0.2) is 0 Å². The molecule has 0 aromatic heterocycles. The van der Waals surface area contributed by atoms with Crippen molar-refractivity contribution in [2.75, 3.05) is 44.8 Å². The number of hydrogen-bond donors (Lipinski definition) is 0. The summed E-state index contributed by atoms with van der Waals surface area (Å²) in [6.07, 6.45) is 0.775. The van der Waals surface area contributed by atoms with E-state index in [1.54, 1.807) is 31.4 Å². The molecule has 1 aliphatic heterocycles. The lowest BCUT2D eigenvalue weighted by Gasteiger charge is -2.36. The van der Waals surface area contributed by atoms with Gasteiger partial charge in [0.2, 0.25) is 0 Å². The number of benzene rings is 2. The van der Waals surface area contributed by atoms with E-state index in [0.717, 1.165) is 30.8 Å². The smallest absolute Gasteiger partial charge is 0.260 e. The molecule has 1 fully saturated rings. The Bertz CT molecular complexity index is 735. The molecule has 0 unspecified atom stereocenters. The summed E-state index contributed by atoms with van der Waals surface area (Å²) >= 11 is 0. The van der Waals surface area contributed by atoms with Crippen LogP contribution in [-0.4, -0.2) is 57.0 Å². The monoisotopic (exact) mass is 354 g/mol. The average molecular weight is 354 g/mol. The second-order valence-electron chi connectivity index (χ2n) is 6.04. The summed E-state index contributed by atoms with van der Waals surface area (Å²) in [7, 11) is 1.65. The van der Waals surface area contributed by atoms with Gasteiger partial charge in [-0.3, -0.25) is 9.59 Å². The highest BCUT2D eigenvalue weighted by atomic mass is 16.5. The first-order chi connectivity index (χ1) is 12.7. The van der Waals surface area contributed by atoms with E-state index in [-0.39, 0.29) is 12.5 Å².